The quantitative estimate of drug-likeness (QED) is 0.371. The Labute approximate surface area is 187 Å². The monoisotopic (exact) mass is 438 g/mol. The highest BCUT2D eigenvalue weighted by atomic mass is 35.5. The molecule has 0 bridgehead atoms. The molecule has 0 unspecified atom stereocenters. The van der Waals surface area contributed by atoms with E-state index < -0.39 is 0 Å². The third-order valence-electron chi connectivity index (χ3n) is 4.82. The van der Waals surface area contributed by atoms with Crippen molar-refractivity contribution in [1.29, 1.82) is 0 Å². The van der Waals surface area contributed by atoms with Gasteiger partial charge < -0.3 is 16.0 Å². The normalized spacial score (nSPS) is 11.3. The number of rotatable bonds is 8. The predicted molar refractivity (Wildman–Crippen MR) is 126 cm³/mol. The Morgan fingerprint density at radius 3 is 2.58 bits per heavy atom. The fraction of sp³-hybridized carbons (Fsp3) is 0.261. The van der Waals surface area contributed by atoms with Crippen LogP contribution in [0.1, 0.15) is 17.5 Å². The number of benzene rings is 2. The third kappa shape index (κ3) is 6.58. The average Bonchev–Trinajstić information content (AvgIpc) is 3.31. The van der Waals surface area contributed by atoms with Crippen LogP contribution in [0.3, 0.4) is 0 Å². The summed E-state index contributed by atoms with van der Waals surface area (Å²) in [7, 11) is 1.71. The highest BCUT2D eigenvalue weighted by Gasteiger charge is 2.07. The molecule has 162 valence electrons. The van der Waals surface area contributed by atoms with Crippen LogP contribution in [-0.2, 0) is 11.2 Å². The third-order valence-corrected chi connectivity index (χ3v) is 5.23. The van der Waals surface area contributed by atoms with Crippen LogP contribution in [0.15, 0.2) is 65.9 Å². The molecule has 0 aliphatic heterocycles. The number of carbonyl (C=O) groups excluding carboxylic acids is 1. The van der Waals surface area contributed by atoms with Crippen LogP contribution < -0.4 is 16.0 Å². The van der Waals surface area contributed by atoms with Crippen LogP contribution in [-0.4, -0.2) is 41.8 Å². The van der Waals surface area contributed by atoms with E-state index in [1.807, 2.05) is 36.0 Å². The van der Waals surface area contributed by atoms with Crippen LogP contribution >= 0.6 is 11.6 Å². The van der Waals surface area contributed by atoms with Gasteiger partial charge >= 0.3 is 0 Å². The molecule has 8 heteroatoms. The van der Waals surface area contributed by atoms with Crippen molar-refractivity contribution in [2.75, 3.05) is 25.5 Å². The topological polar surface area (TPSA) is 83.3 Å². The van der Waals surface area contributed by atoms with Gasteiger partial charge in [0.1, 0.15) is 0 Å². The minimum absolute atomic E-state index is 0.0782. The first-order chi connectivity index (χ1) is 15.1. The number of hydrogen-bond donors (Lipinski definition) is 3. The number of aliphatic imine (C=N–C) groups is 1. The van der Waals surface area contributed by atoms with E-state index >= 15 is 0 Å². The smallest absolute Gasteiger partial charge is 0.226 e. The molecule has 2 aromatic carbocycles. The summed E-state index contributed by atoms with van der Waals surface area (Å²) >= 11 is 6.09. The number of nitrogens with one attached hydrogen (secondary N) is 3. The lowest BCUT2D eigenvalue weighted by Gasteiger charge is -2.13. The molecular weight excluding hydrogens is 412 g/mol. The lowest BCUT2D eigenvalue weighted by molar-refractivity contribution is -0.116. The maximum Gasteiger partial charge on any atom is 0.226 e. The van der Waals surface area contributed by atoms with Gasteiger partial charge in [0, 0.05) is 49.7 Å². The molecule has 0 spiro atoms. The van der Waals surface area contributed by atoms with Gasteiger partial charge in [0.25, 0.3) is 0 Å². The summed E-state index contributed by atoms with van der Waals surface area (Å²) in [6.45, 7) is 3.09. The lowest BCUT2D eigenvalue weighted by atomic mass is 10.1. The first-order valence-electron chi connectivity index (χ1n) is 10.2. The van der Waals surface area contributed by atoms with E-state index in [0.29, 0.717) is 23.9 Å². The van der Waals surface area contributed by atoms with E-state index in [4.69, 9.17) is 11.6 Å². The Bertz CT molecular complexity index is 1020. The van der Waals surface area contributed by atoms with Gasteiger partial charge in [-0.3, -0.25) is 9.79 Å². The zero-order valence-electron chi connectivity index (χ0n) is 17.7. The van der Waals surface area contributed by atoms with Gasteiger partial charge in [0.05, 0.1) is 5.69 Å². The second-order valence-corrected chi connectivity index (χ2v) is 7.41. The van der Waals surface area contributed by atoms with Crippen LogP contribution in [0.5, 0.6) is 0 Å². The number of nitrogens with zero attached hydrogens (tertiary/aromatic N) is 3. The summed E-state index contributed by atoms with van der Waals surface area (Å²) in [6, 6.07) is 15.7. The molecule has 0 radical (unpaired) electrons. The second-order valence-electron chi connectivity index (χ2n) is 7.00. The first kappa shape index (κ1) is 22.4. The van der Waals surface area contributed by atoms with E-state index in [-0.39, 0.29) is 5.91 Å². The highest BCUT2D eigenvalue weighted by Crippen LogP contribution is 2.22. The van der Waals surface area contributed by atoms with Crippen molar-refractivity contribution in [2.24, 2.45) is 4.99 Å². The van der Waals surface area contributed by atoms with E-state index in [1.165, 1.54) is 5.56 Å². The van der Waals surface area contributed by atoms with Gasteiger partial charge in [-0.15, -0.1) is 0 Å². The van der Waals surface area contributed by atoms with Crippen molar-refractivity contribution < 1.29 is 4.79 Å². The highest BCUT2D eigenvalue weighted by molar-refractivity contribution is 6.31. The average molecular weight is 439 g/mol. The summed E-state index contributed by atoms with van der Waals surface area (Å²) in [6.07, 6.45) is 4.86. The van der Waals surface area contributed by atoms with E-state index in [0.717, 1.165) is 29.9 Å². The molecule has 1 amide bonds. The molecule has 0 fully saturated rings. The Balaban J connectivity index is 1.37. The van der Waals surface area contributed by atoms with Gasteiger partial charge in [-0.25, -0.2) is 4.68 Å². The Hall–Kier alpha value is -3.32. The van der Waals surface area contributed by atoms with Gasteiger partial charge in [0.2, 0.25) is 5.91 Å². The first-order valence-corrected chi connectivity index (χ1v) is 10.5. The molecule has 0 atom stereocenters. The number of carbonyl (C=O) groups is 1. The lowest BCUT2D eigenvalue weighted by Crippen LogP contribution is -2.39. The molecule has 3 rings (SSSR count). The largest absolute Gasteiger partial charge is 0.356 e. The van der Waals surface area contributed by atoms with Crippen LogP contribution in [0.25, 0.3) is 5.69 Å². The van der Waals surface area contributed by atoms with Gasteiger partial charge in [-0.2, -0.15) is 5.10 Å². The number of halogens is 1. The van der Waals surface area contributed by atoms with Crippen molar-refractivity contribution in [2.45, 2.75) is 19.8 Å². The van der Waals surface area contributed by atoms with Crippen molar-refractivity contribution in [1.82, 2.24) is 20.4 Å². The van der Waals surface area contributed by atoms with E-state index in [9.17, 15) is 4.79 Å². The zero-order valence-corrected chi connectivity index (χ0v) is 18.5. The molecule has 0 saturated carbocycles. The Kier molecular flexibility index (Phi) is 8.06. The SMILES string of the molecule is CN=C(NCCC(=O)Nc1cccc(Cl)c1C)NCCc1ccc(-n2cccn2)cc1. The summed E-state index contributed by atoms with van der Waals surface area (Å²) in [5.41, 5.74) is 3.85. The summed E-state index contributed by atoms with van der Waals surface area (Å²) in [5.74, 6) is 0.588. The molecule has 7 nitrogen and oxygen atoms in total. The molecule has 1 aromatic heterocycles. The molecule has 31 heavy (non-hydrogen) atoms. The summed E-state index contributed by atoms with van der Waals surface area (Å²) in [4.78, 5) is 16.4. The number of hydrogen-bond acceptors (Lipinski definition) is 3. The standard InChI is InChI=1S/C23H27ClN6O/c1-17-20(24)5-3-6-21(17)29-22(31)12-15-27-23(25-2)26-14-11-18-7-9-19(10-8-18)30-16-4-13-28-30/h3-10,13,16H,11-12,14-15H2,1-2H3,(H,29,31)(H2,25,26,27). The minimum atomic E-state index is -0.0782. The fourth-order valence-corrected chi connectivity index (χ4v) is 3.21. The molecule has 0 aliphatic carbocycles. The van der Waals surface area contributed by atoms with Crippen molar-refractivity contribution in [3.63, 3.8) is 0 Å². The predicted octanol–water partition coefficient (Wildman–Crippen LogP) is 3.57. The summed E-state index contributed by atoms with van der Waals surface area (Å²) in [5, 5.41) is 14.2. The van der Waals surface area contributed by atoms with Gasteiger partial charge in [0.15, 0.2) is 5.96 Å². The summed E-state index contributed by atoms with van der Waals surface area (Å²) < 4.78 is 1.83. The Morgan fingerprint density at radius 1 is 1.10 bits per heavy atom. The minimum Gasteiger partial charge on any atom is -0.356 e. The van der Waals surface area contributed by atoms with Crippen molar-refractivity contribution >= 4 is 29.2 Å². The van der Waals surface area contributed by atoms with E-state index in [2.05, 4.69) is 50.3 Å². The number of aromatic nitrogens is 2. The van der Waals surface area contributed by atoms with E-state index in [1.54, 1.807) is 19.3 Å². The van der Waals surface area contributed by atoms with Crippen molar-refractivity contribution in [3.05, 3.63) is 77.1 Å². The fourth-order valence-electron chi connectivity index (χ4n) is 3.03. The van der Waals surface area contributed by atoms with Gasteiger partial charge in [-0.05, 0) is 54.8 Å². The van der Waals surface area contributed by atoms with Crippen LogP contribution in [0.4, 0.5) is 5.69 Å². The molecule has 0 saturated heterocycles. The van der Waals surface area contributed by atoms with Crippen molar-refractivity contribution in [3.8, 4) is 5.69 Å². The maximum absolute atomic E-state index is 12.2. The molecule has 0 aliphatic rings. The number of anilines is 1. The van der Waals surface area contributed by atoms with Gasteiger partial charge in [-0.1, -0.05) is 29.8 Å². The molecule has 3 aromatic rings. The number of amides is 1. The van der Waals surface area contributed by atoms with Crippen LogP contribution in [0, 0.1) is 6.92 Å². The second kappa shape index (κ2) is 11.2. The number of guanidine groups is 1. The molecule has 3 N–H and O–H groups in total. The molecular formula is C23H27ClN6O. The van der Waals surface area contributed by atoms with Crippen LogP contribution in [0.2, 0.25) is 5.02 Å². The Morgan fingerprint density at radius 2 is 1.87 bits per heavy atom. The zero-order chi connectivity index (χ0) is 22.1. The maximum atomic E-state index is 12.2. The molecule has 1 heterocycles.